The second-order valence-electron chi connectivity index (χ2n) is 10.1. The van der Waals surface area contributed by atoms with Gasteiger partial charge >= 0.3 is 11.7 Å². The molecule has 35 heavy (non-hydrogen) atoms. The van der Waals surface area contributed by atoms with Crippen molar-refractivity contribution < 1.29 is 23.9 Å². The Morgan fingerprint density at radius 3 is 2.54 bits per heavy atom. The lowest BCUT2D eigenvalue weighted by Crippen LogP contribution is -2.42. The monoisotopic (exact) mass is 504 g/mol. The fourth-order valence-electron chi connectivity index (χ4n) is 3.85. The maximum atomic E-state index is 12.8. The number of pyridine rings is 1. The van der Waals surface area contributed by atoms with Crippen LogP contribution >= 0.6 is 0 Å². The van der Waals surface area contributed by atoms with E-state index in [0.29, 0.717) is 11.1 Å². The van der Waals surface area contributed by atoms with Gasteiger partial charge in [0.15, 0.2) is 12.4 Å². The Morgan fingerprint density at radius 1 is 1.31 bits per heavy atom. The van der Waals surface area contributed by atoms with Crippen molar-refractivity contribution in [3.8, 4) is 0 Å². The number of esters is 1. The number of rotatable bonds is 6. The highest BCUT2D eigenvalue weighted by molar-refractivity contribution is 6.81. The Morgan fingerprint density at radius 2 is 1.97 bits per heavy atom. The second kappa shape index (κ2) is 11.3. The first-order chi connectivity index (χ1) is 16.3. The Kier molecular flexibility index (Phi) is 9.15. The number of carbonyl (C=O) groups excluding carboxylic acids is 1. The first-order valence-corrected chi connectivity index (χ1v) is 15.4. The molecule has 0 bridgehead atoms. The molecule has 3 rings (SSSR count). The molecule has 0 radical (unpaired) electrons. The summed E-state index contributed by atoms with van der Waals surface area (Å²) < 4.78 is 14.8. The topological polar surface area (TPSA) is 114 Å². The molecule has 0 aliphatic carbocycles. The quantitative estimate of drug-likeness (QED) is 0.355. The molecule has 1 aliphatic rings. The fraction of sp³-hybridized carbons (Fsp3) is 0.520. The van der Waals surface area contributed by atoms with E-state index < -0.39 is 55.7 Å². The first-order valence-electron chi connectivity index (χ1n) is 11.8. The van der Waals surface area contributed by atoms with E-state index in [1.807, 2.05) is 19.5 Å². The van der Waals surface area contributed by atoms with Crippen molar-refractivity contribution in [1.29, 1.82) is 0 Å². The zero-order valence-electron chi connectivity index (χ0n) is 21.9. The molecular weight excluding hydrogens is 466 g/mol. The third-order valence-corrected chi connectivity index (χ3v) is 6.78. The van der Waals surface area contributed by atoms with Crippen LogP contribution in [0.1, 0.15) is 49.8 Å². The van der Waals surface area contributed by atoms with Crippen LogP contribution in [0.5, 0.6) is 0 Å². The van der Waals surface area contributed by atoms with E-state index in [-0.39, 0.29) is 0 Å². The van der Waals surface area contributed by atoms with E-state index in [9.17, 15) is 19.5 Å². The lowest BCUT2D eigenvalue weighted by atomic mass is 9.84. The predicted octanol–water partition coefficient (Wildman–Crippen LogP) is 2.42. The number of carbonyl (C=O) groups is 1. The maximum absolute atomic E-state index is 12.8. The maximum Gasteiger partial charge on any atom is 0.344 e. The van der Waals surface area contributed by atoms with Crippen LogP contribution in [0.4, 0.5) is 0 Å². The van der Waals surface area contributed by atoms with Gasteiger partial charge in [-0.25, -0.2) is 14.2 Å². The number of hydrogen-bond donors (Lipinski definition) is 2. The molecule has 0 spiro atoms. The summed E-state index contributed by atoms with van der Waals surface area (Å²) in [5, 5.41) is 9.93. The highest BCUT2D eigenvalue weighted by Crippen LogP contribution is 2.46. The molecule has 10 heteroatoms. The molecule has 2 aromatic rings. The fourth-order valence-corrected chi connectivity index (χ4v) is 4.53. The van der Waals surface area contributed by atoms with E-state index in [0.717, 1.165) is 0 Å². The third-order valence-electron chi connectivity index (χ3n) is 5.61. The molecule has 0 saturated carbocycles. The van der Waals surface area contributed by atoms with Gasteiger partial charge in [-0.3, -0.25) is 14.3 Å². The Hall–Kier alpha value is -2.82. The van der Waals surface area contributed by atoms with Crippen LogP contribution in [0.2, 0.25) is 19.6 Å². The van der Waals surface area contributed by atoms with Gasteiger partial charge in [0, 0.05) is 17.7 Å². The van der Waals surface area contributed by atoms with Crippen molar-refractivity contribution in [3.05, 3.63) is 68.4 Å². The van der Waals surface area contributed by atoms with Crippen LogP contribution < -0.4 is 15.8 Å². The molecule has 3 atom stereocenters. The molecule has 1 aliphatic heterocycles. The van der Waals surface area contributed by atoms with Crippen molar-refractivity contribution in [2.45, 2.75) is 65.8 Å². The van der Waals surface area contributed by atoms with Crippen molar-refractivity contribution in [1.82, 2.24) is 9.55 Å². The Bertz CT molecular complexity index is 1180. The Balaban J connectivity index is 0.00000210. The van der Waals surface area contributed by atoms with Gasteiger partial charge in [0.05, 0.1) is 20.2 Å². The molecule has 192 valence electrons. The number of aromatic nitrogens is 3. The first kappa shape index (κ1) is 28.4. The summed E-state index contributed by atoms with van der Waals surface area (Å²) in [4.78, 5) is 40.2. The molecule has 1 fully saturated rings. The van der Waals surface area contributed by atoms with E-state index in [2.05, 4.69) is 24.6 Å². The third kappa shape index (κ3) is 6.65. The summed E-state index contributed by atoms with van der Waals surface area (Å²) in [6.07, 6.45) is 4.07. The molecule has 3 heterocycles. The second-order valence-corrected chi connectivity index (χ2v) is 15.1. The summed E-state index contributed by atoms with van der Waals surface area (Å²) >= 11 is 0. The molecule has 2 N–H and O–H groups in total. The minimum atomic E-state index is -1.58. The van der Waals surface area contributed by atoms with Gasteiger partial charge in [0.2, 0.25) is 0 Å². The van der Waals surface area contributed by atoms with Gasteiger partial charge in [-0.15, -0.1) is 0 Å². The zero-order valence-corrected chi connectivity index (χ0v) is 22.9. The lowest BCUT2D eigenvalue weighted by molar-refractivity contribution is -0.671. The molecule has 3 unspecified atom stereocenters. The Labute approximate surface area is 207 Å². The largest absolute Gasteiger partial charge is 0.455 e. The summed E-state index contributed by atoms with van der Waals surface area (Å²) in [6.45, 7) is 13.6. The smallest absolute Gasteiger partial charge is 0.344 e. The average molecular weight is 505 g/mol. The normalized spacial score (nSPS) is 21.5. The zero-order chi connectivity index (χ0) is 26.6. The average Bonchev–Trinajstić information content (AvgIpc) is 3.03. The molecular formula is C25H38N3O6Si+. The minimum Gasteiger partial charge on any atom is -0.455 e. The number of aliphatic hydroxyl groups excluding tert-OH is 1. The van der Waals surface area contributed by atoms with Crippen LogP contribution in [0.3, 0.4) is 0 Å². The molecule has 2 aromatic heterocycles. The van der Waals surface area contributed by atoms with E-state index >= 15 is 0 Å². The summed E-state index contributed by atoms with van der Waals surface area (Å²) in [5.74, 6) is -0.556. The number of ether oxygens (including phenoxy) is 2. The van der Waals surface area contributed by atoms with Crippen molar-refractivity contribution in [3.63, 3.8) is 0 Å². The summed E-state index contributed by atoms with van der Waals surface area (Å²) in [6, 6.07) is 3.37. The molecule has 9 nitrogen and oxygen atoms in total. The number of H-pyrrole nitrogens is 1. The number of nitrogens with one attached hydrogen (secondary N) is 1. The van der Waals surface area contributed by atoms with E-state index in [1.54, 1.807) is 56.1 Å². The summed E-state index contributed by atoms with van der Waals surface area (Å²) in [5.41, 5.74) is 0.683. The van der Waals surface area contributed by atoms with Crippen LogP contribution in [0.15, 0.2) is 46.0 Å². The van der Waals surface area contributed by atoms with Gasteiger partial charge in [0.25, 0.3) is 5.56 Å². The lowest BCUT2D eigenvalue weighted by Gasteiger charge is -2.31. The van der Waals surface area contributed by atoms with Gasteiger partial charge in [-0.05, 0) is 6.07 Å². The highest BCUT2D eigenvalue weighted by Gasteiger charge is 2.54. The number of nitrogens with zero attached hydrogens (tertiary/aromatic N) is 2. The van der Waals surface area contributed by atoms with E-state index in [4.69, 9.17) is 9.47 Å². The van der Waals surface area contributed by atoms with Crippen molar-refractivity contribution in [2.24, 2.45) is 12.5 Å². The van der Waals surface area contributed by atoms with Crippen LogP contribution in [-0.2, 0) is 16.5 Å². The number of hydrogen-bond acceptors (Lipinski definition) is 6. The van der Waals surface area contributed by atoms with Crippen LogP contribution in [0, 0.1) is 5.41 Å². The highest BCUT2D eigenvalue weighted by atomic mass is 28.3. The number of aromatic amines is 1. The van der Waals surface area contributed by atoms with E-state index in [1.165, 1.54) is 10.8 Å². The minimum absolute atomic E-state index is 0.328. The molecule has 0 amide bonds. The van der Waals surface area contributed by atoms with Gasteiger partial charge < -0.3 is 14.6 Å². The summed E-state index contributed by atoms with van der Waals surface area (Å²) in [7, 11) is 0.214. The molecule has 1 saturated heterocycles. The van der Waals surface area contributed by atoms with Crippen LogP contribution in [-0.4, -0.2) is 47.5 Å². The molecule has 0 aromatic carbocycles. The SMILES string of the molecule is CC.C[n+]1cccc(C(=O)OC2C(CO)OC(n3cc(/C=C/[Si](C)(C)C)c(=O)[nH]c3=O)C2(C)C)c1. The van der Waals surface area contributed by atoms with Gasteiger partial charge in [-0.1, -0.05) is 59.1 Å². The van der Waals surface area contributed by atoms with Crippen molar-refractivity contribution >= 4 is 20.1 Å². The standard InChI is InChI=1S/C23H31N3O6Si.C2H6/c1-23(2)18(32-20(29)16-8-7-10-25(3)12-16)17(14-27)31-21(23)26-13-15(9-11-33(4,5)6)19(28)24-22(26)30;1-2/h7-13,17-18,21,27H,14H2,1-6H3;1-2H3/p+1/b11-9+;. The predicted molar refractivity (Wildman–Crippen MR) is 137 cm³/mol. The van der Waals surface area contributed by atoms with Crippen LogP contribution in [0.25, 0.3) is 6.08 Å². The van der Waals surface area contributed by atoms with Crippen molar-refractivity contribution in [2.75, 3.05) is 6.61 Å². The van der Waals surface area contributed by atoms with Gasteiger partial charge in [-0.2, -0.15) is 0 Å². The number of aryl methyl sites for hydroxylation is 1. The number of aliphatic hydroxyl groups is 1. The van der Waals surface area contributed by atoms with Gasteiger partial charge in [0.1, 0.15) is 31.0 Å².